The Hall–Kier alpha value is -5.03. The fourth-order valence-corrected chi connectivity index (χ4v) is 5.51. The SMILES string of the molecule is CC(=O)NC[C@H]1CN(c2ccc(C#CC3(O)CCN(c4nc5c(cc4F)c(=O)c(C(=O)O)cn5C4CC4)CC3)c(F)c2)C(=O)O1. The highest BCUT2D eigenvalue weighted by atomic mass is 19.1. The van der Waals surface area contributed by atoms with Crippen molar-refractivity contribution in [3.05, 3.63) is 63.4 Å². The van der Waals surface area contributed by atoms with Crippen molar-refractivity contribution < 1.29 is 38.1 Å². The maximum Gasteiger partial charge on any atom is 0.414 e. The minimum absolute atomic E-state index is 0.0120. The lowest BCUT2D eigenvalue weighted by Gasteiger charge is -2.36. The highest BCUT2D eigenvalue weighted by molar-refractivity contribution is 5.92. The third-order valence-electron chi connectivity index (χ3n) is 8.15. The number of aromatic nitrogens is 2. The molecule has 3 fully saturated rings. The molecule has 4 heterocycles. The second-order valence-corrected chi connectivity index (χ2v) is 11.5. The van der Waals surface area contributed by atoms with Gasteiger partial charge in [0.15, 0.2) is 11.6 Å². The van der Waals surface area contributed by atoms with Crippen LogP contribution in [0.15, 0.2) is 35.3 Å². The van der Waals surface area contributed by atoms with Gasteiger partial charge in [0, 0.05) is 45.1 Å². The number of benzene rings is 1. The van der Waals surface area contributed by atoms with Gasteiger partial charge >= 0.3 is 12.1 Å². The first kappa shape index (κ1) is 30.0. The number of cyclic esters (lactones) is 1. The number of halogens is 2. The molecule has 234 valence electrons. The molecular weight excluding hydrogens is 592 g/mol. The summed E-state index contributed by atoms with van der Waals surface area (Å²) >= 11 is 0. The van der Waals surface area contributed by atoms with Crippen LogP contribution in [0.25, 0.3) is 11.0 Å². The Morgan fingerprint density at radius 3 is 2.53 bits per heavy atom. The minimum atomic E-state index is -1.49. The summed E-state index contributed by atoms with van der Waals surface area (Å²) in [5.41, 5.74) is -2.26. The number of carbonyl (C=O) groups excluding carboxylic acids is 2. The smallest absolute Gasteiger partial charge is 0.414 e. The third kappa shape index (κ3) is 6.03. The number of fused-ring (bicyclic) bond motifs is 1. The standard InChI is InChI=1S/C31H29F2N5O7/c1-17(39)34-14-21-15-38(30(43)45-21)20-3-2-18(24(32)12-20)6-7-31(44)8-10-36(11-9-31)28-25(33)13-22-26(40)23(29(41)42)16-37(19-4-5-19)27(22)35-28/h2-3,12-13,16,19,21,44H,4-5,8-11,14-15H2,1H3,(H,34,39)(H,41,42)/t21-/m0/s1. The number of amides is 2. The number of carboxylic acids is 1. The molecule has 1 atom stereocenters. The van der Waals surface area contributed by atoms with Gasteiger partial charge < -0.3 is 29.7 Å². The van der Waals surface area contributed by atoms with Gasteiger partial charge in [-0.1, -0.05) is 11.8 Å². The minimum Gasteiger partial charge on any atom is -0.477 e. The lowest BCUT2D eigenvalue weighted by atomic mass is 9.91. The van der Waals surface area contributed by atoms with Gasteiger partial charge in [-0.15, -0.1) is 0 Å². The molecule has 2 amide bonds. The van der Waals surface area contributed by atoms with Crippen LogP contribution in [-0.2, 0) is 9.53 Å². The van der Waals surface area contributed by atoms with Crippen LogP contribution < -0.4 is 20.5 Å². The van der Waals surface area contributed by atoms with Crippen molar-refractivity contribution in [1.29, 1.82) is 0 Å². The van der Waals surface area contributed by atoms with E-state index in [0.29, 0.717) is 0 Å². The van der Waals surface area contributed by atoms with Crippen LogP contribution in [-0.4, -0.2) is 75.6 Å². The van der Waals surface area contributed by atoms with E-state index in [4.69, 9.17) is 4.74 Å². The van der Waals surface area contributed by atoms with Crippen LogP contribution in [0.5, 0.6) is 0 Å². The van der Waals surface area contributed by atoms with Crippen LogP contribution in [0.2, 0.25) is 0 Å². The number of piperidine rings is 1. The maximum absolute atomic E-state index is 15.3. The summed E-state index contributed by atoms with van der Waals surface area (Å²) in [5, 5.41) is 23.0. The van der Waals surface area contributed by atoms with Crippen LogP contribution in [0.4, 0.5) is 25.1 Å². The molecule has 12 nitrogen and oxygen atoms in total. The number of hydrogen-bond donors (Lipinski definition) is 3. The van der Waals surface area contributed by atoms with Gasteiger partial charge in [-0.25, -0.2) is 23.4 Å². The van der Waals surface area contributed by atoms with E-state index in [1.165, 1.54) is 30.2 Å². The molecule has 1 aliphatic carbocycles. The second-order valence-electron chi connectivity index (χ2n) is 11.5. The zero-order valence-electron chi connectivity index (χ0n) is 24.2. The van der Waals surface area contributed by atoms with E-state index in [2.05, 4.69) is 22.1 Å². The van der Waals surface area contributed by atoms with E-state index >= 15 is 4.39 Å². The van der Waals surface area contributed by atoms with Gasteiger partial charge in [-0.2, -0.15) is 0 Å². The molecular formula is C31H29F2N5O7. The van der Waals surface area contributed by atoms with E-state index < -0.39 is 46.4 Å². The van der Waals surface area contributed by atoms with Crippen LogP contribution >= 0.6 is 0 Å². The maximum atomic E-state index is 15.3. The molecule has 1 saturated carbocycles. The summed E-state index contributed by atoms with van der Waals surface area (Å²) in [6, 6.07) is 5.05. The Labute approximate surface area is 255 Å². The monoisotopic (exact) mass is 621 g/mol. The van der Waals surface area contributed by atoms with Crippen molar-refractivity contribution in [3.8, 4) is 11.8 Å². The van der Waals surface area contributed by atoms with E-state index in [-0.39, 0.29) is 79.1 Å². The van der Waals surface area contributed by atoms with Crippen molar-refractivity contribution in [1.82, 2.24) is 14.9 Å². The number of pyridine rings is 2. The van der Waals surface area contributed by atoms with E-state index in [0.717, 1.165) is 25.0 Å². The molecule has 3 N–H and O–H groups in total. The van der Waals surface area contributed by atoms with Crippen LogP contribution in [0, 0.1) is 23.5 Å². The number of hydrogen-bond acceptors (Lipinski definition) is 8. The van der Waals surface area contributed by atoms with Crippen LogP contribution in [0.1, 0.15) is 54.6 Å². The lowest BCUT2D eigenvalue weighted by molar-refractivity contribution is -0.119. The highest BCUT2D eigenvalue weighted by Gasteiger charge is 2.35. The summed E-state index contributed by atoms with van der Waals surface area (Å²) in [6.45, 7) is 1.95. The van der Waals surface area contributed by atoms with Crippen molar-refractivity contribution in [2.75, 3.05) is 36.0 Å². The van der Waals surface area contributed by atoms with E-state index in [1.807, 2.05) is 0 Å². The summed E-state index contributed by atoms with van der Waals surface area (Å²) in [5.74, 6) is 2.26. The van der Waals surface area contributed by atoms with E-state index in [9.17, 15) is 33.8 Å². The topological polar surface area (TPSA) is 154 Å². The Kier molecular flexibility index (Phi) is 7.65. The number of carboxylic acid groups (broad SMARTS) is 1. The Balaban J connectivity index is 1.16. The molecule has 6 rings (SSSR count). The molecule has 0 bridgehead atoms. The summed E-state index contributed by atoms with van der Waals surface area (Å²) < 4.78 is 37.1. The summed E-state index contributed by atoms with van der Waals surface area (Å²) in [6.07, 6.45) is 1.80. The van der Waals surface area contributed by atoms with Gasteiger partial charge in [0.1, 0.15) is 28.7 Å². The van der Waals surface area contributed by atoms with Crippen molar-refractivity contribution in [2.45, 2.75) is 50.4 Å². The van der Waals surface area contributed by atoms with Gasteiger partial charge in [-0.3, -0.25) is 14.5 Å². The highest BCUT2D eigenvalue weighted by Crippen LogP contribution is 2.37. The Morgan fingerprint density at radius 2 is 1.89 bits per heavy atom. The van der Waals surface area contributed by atoms with Gasteiger partial charge in [0.2, 0.25) is 11.3 Å². The first-order valence-electron chi connectivity index (χ1n) is 14.4. The summed E-state index contributed by atoms with van der Waals surface area (Å²) in [4.78, 5) is 55.0. The molecule has 45 heavy (non-hydrogen) atoms. The van der Waals surface area contributed by atoms with Crippen LogP contribution in [0.3, 0.4) is 0 Å². The number of anilines is 2. The average molecular weight is 622 g/mol. The predicted octanol–water partition coefficient (Wildman–Crippen LogP) is 2.55. The number of nitrogens with zero attached hydrogens (tertiary/aromatic N) is 4. The van der Waals surface area contributed by atoms with Gasteiger partial charge in [0.05, 0.1) is 29.7 Å². The molecule has 1 aromatic carbocycles. The third-order valence-corrected chi connectivity index (χ3v) is 8.15. The number of nitrogens with one attached hydrogen (secondary N) is 1. The van der Waals surface area contributed by atoms with Crippen molar-refractivity contribution in [2.24, 2.45) is 0 Å². The first-order valence-corrected chi connectivity index (χ1v) is 14.4. The Bertz CT molecular complexity index is 1850. The van der Waals surface area contributed by atoms with E-state index in [1.54, 1.807) is 9.47 Å². The Morgan fingerprint density at radius 1 is 1.16 bits per heavy atom. The molecule has 2 aromatic heterocycles. The van der Waals surface area contributed by atoms with Gasteiger partial charge in [0.25, 0.3) is 0 Å². The largest absolute Gasteiger partial charge is 0.477 e. The van der Waals surface area contributed by atoms with Crippen molar-refractivity contribution in [3.63, 3.8) is 0 Å². The molecule has 0 radical (unpaired) electrons. The number of ether oxygens (including phenoxy) is 1. The molecule has 2 saturated heterocycles. The fraction of sp³-hybridized carbons (Fsp3) is 0.387. The zero-order valence-corrected chi connectivity index (χ0v) is 24.2. The normalized spacial score (nSPS) is 19.2. The molecule has 3 aromatic rings. The number of rotatable bonds is 6. The molecule has 3 aliphatic rings. The molecule has 0 unspecified atom stereocenters. The van der Waals surface area contributed by atoms with Crippen molar-refractivity contribution >= 4 is 40.5 Å². The molecule has 0 spiro atoms. The predicted molar refractivity (Wildman–Crippen MR) is 157 cm³/mol. The summed E-state index contributed by atoms with van der Waals surface area (Å²) in [7, 11) is 0. The van der Waals surface area contributed by atoms with Gasteiger partial charge in [-0.05, 0) is 37.1 Å². The number of carbonyl (C=O) groups is 3. The number of aromatic carboxylic acids is 1. The second kappa shape index (κ2) is 11.5. The zero-order chi connectivity index (χ0) is 32.0. The average Bonchev–Trinajstić information content (AvgIpc) is 3.77. The molecule has 2 aliphatic heterocycles. The first-order chi connectivity index (χ1) is 21.4. The number of aliphatic hydroxyl groups is 1. The molecule has 14 heteroatoms. The lowest BCUT2D eigenvalue weighted by Crippen LogP contribution is -2.44. The fourth-order valence-electron chi connectivity index (χ4n) is 5.51. The quantitative estimate of drug-likeness (QED) is 0.353.